The van der Waals surface area contributed by atoms with Crippen LogP contribution < -0.4 is 14.8 Å². The normalized spacial score (nSPS) is 21.3. The van der Waals surface area contributed by atoms with Gasteiger partial charge in [-0.25, -0.2) is 9.59 Å². The first-order valence-electron chi connectivity index (χ1n) is 27.6. The van der Waals surface area contributed by atoms with Gasteiger partial charge in [0.15, 0.2) is 0 Å². The van der Waals surface area contributed by atoms with Gasteiger partial charge in [0.1, 0.15) is 30.8 Å². The molecule has 1 saturated carbocycles. The van der Waals surface area contributed by atoms with Gasteiger partial charge in [-0.2, -0.15) is 0 Å². The van der Waals surface area contributed by atoms with Gasteiger partial charge in [-0.3, -0.25) is 4.90 Å². The van der Waals surface area contributed by atoms with E-state index >= 15 is 0 Å². The molecule has 6 rings (SSSR count). The topological polar surface area (TPSA) is 158 Å². The van der Waals surface area contributed by atoms with Crippen LogP contribution in [0, 0.1) is 17.8 Å². The number of oxime groups is 1. The zero-order valence-electron chi connectivity index (χ0n) is 43.9. The van der Waals surface area contributed by atoms with E-state index in [-0.39, 0.29) is 63.8 Å². The molecule has 0 saturated heterocycles. The van der Waals surface area contributed by atoms with Crippen LogP contribution in [0.15, 0.2) is 108 Å². The van der Waals surface area contributed by atoms with Crippen molar-refractivity contribution in [1.29, 1.82) is 0 Å². The largest absolute Gasteiger partial charge is 0.459 e. The Labute approximate surface area is 435 Å². The number of nitrogens with one attached hydrogen (secondary N) is 1. The van der Waals surface area contributed by atoms with E-state index in [9.17, 15) is 19.8 Å². The second-order valence-electron chi connectivity index (χ2n) is 19.9. The lowest BCUT2D eigenvalue weighted by atomic mass is 9.55. The molecule has 0 aromatic heterocycles. The second-order valence-corrected chi connectivity index (χ2v) is 19.9. The Hall–Kier alpha value is -5.21. The number of rotatable bonds is 34. The minimum atomic E-state index is -1.46. The summed E-state index contributed by atoms with van der Waals surface area (Å²) in [7, 11) is 0. The Morgan fingerprint density at radius 1 is 0.808 bits per heavy atom. The van der Waals surface area contributed by atoms with E-state index in [4.69, 9.17) is 33.7 Å². The Kier molecular flexibility index (Phi) is 24.6. The van der Waals surface area contributed by atoms with Crippen LogP contribution in [0.4, 0.5) is 9.59 Å². The molecule has 1 fully saturated rings. The molecule has 1 heterocycles. The fraction of sp³-hybridized carbons (Fsp3) is 0.583. The summed E-state index contributed by atoms with van der Waals surface area (Å²) >= 11 is 0. The quantitative estimate of drug-likeness (QED) is 0.0299. The fourth-order valence-electron chi connectivity index (χ4n) is 11.1. The molecule has 3 aromatic carbocycles. The second kappa shape index (κ2) is 31.5. The van der Waals surface area contributed by atoms with Crippen molar-refractivity contribution >= 4 is 17.9 Å². The summed E-state index contributed by atoms with van der Waals surface area (Å²) in [5.74, 6) is -1.31. The smallest absolute Gasteiger partial charge is 0.412 e. The molecule has 0 unspecified atom stereocenters. The molecule has 1 aliphatic heterocycles. The van der Waals surface area contributed by atoms with Gasteiger partial charge in [0.2, 0.25) is 5.79 Å². The zero-order chi connectivity index (χ0) is 51.5. The van der Waals surface area contributed by atoms with E-state index in [1.54, 1.807) is 17.0 Å². The van der Waals surface area contributed by atoms with Gasteiger partial charge < -0.3 is 44.1 Å². The number of aliphatic hydroxyl groups excluding tert-OH is 2. The third kappa shape index (κ3) is 16.6. The minimum Gasteiger partial charge on any atom is -0.459 e. The number of fused-ring (bicyclic) bond motifs is 2. The van der Waals surface area contributed by atoms with Crippen molar-refractivity contribution in [3.05, 3.63) is 120 Å². The van der Waals surface area contributed by atoms with Crippen LogP contribution in [0.2, 0.25) is 0 Å². The SMILES string of the molecule is C=CCO[C@@]12Oc3ccc(OC(=O)NCCCCCCCCCCCC)cc3[C@H]3[C@H](CCCCO)[C@@H](CCCCO)C=C(C(=NOCc4ccccc4)C[C@@H]1N(CCC)C(=O)OCCOCc1ccccc1)[C@H]32. The van der Waals surface area contributed by atoms with E-state index in [1.807, 2.05) is 79.7 Å². The molecular weight excluding hydrogens is 923 g/mol. The number of hydrogen-bond acceptors (Lipinski definition) is 11. The predicted molar refractivity (Wildman–Crippen MR) is 287 cm³/mol. The summed E-state index contributed by atoms with van der Waals surface area (Å²) < 4.78 is 32.5. The lowest BCUT2D eigenvalue weighted by Gasteiger charge is -2.59. The van der Waals surface area contributed by atoms with E-state index < -0.39 is 29.9 Å². The van der Waals surface area contributed by atoms with Crippen LogP contribution in [0.1, 0.15) is 152 Å². The van der Waals surface area contributed by atoms with Gasteiger partial charge >= 0.3 is 12.2 Å². The van der Waals surface area contributed by atoms with Gasteiger partial charge in [0.25, 0.3) is 0 Å². The molecule has 2 aliphatic carbocycles. The van der Waals surface area contributed by atoms with Gasteiger partial charge in [-0.15, -0.1) is 6.58 Å². The van der Waals surface area contributed by atoms with Crippen LogP contribution in [0.5, 0.6) is 11.5 Å². The summed E-state index contributed by atoms with van der Waals surface area (Å²) in [5, 5.41) is 28.0. The van der Waals surface area contributed by atoms with Crippen molar-refractivity contribution in [2.45, 2.75) is 160 Å². The van der Waals surface area contributed by atoms with Gasteiger partial charge in [0.05, 0.1) is 31.5 Å². The van der Waals surface area contributed by atoms with Crippen LogP contribution in [0.25, 0.3) is 0 Å². The summed E-state index contributed by atoms with van der Waals surface area (Å²) in [6.45, 7) is 10.4. The highest BCUT2D eigenvalue weighted by molar-refractivity contribution is 6.03. The van der Waals surface area contributed by atoms with Crippen molar-refractivity contribution in [2.24, 2.45) is 22.9 Å². The lowest BCUT2D eigenvalue weighted by Crippen LogP contribution is -2.70. The number of ether oxygens (including phenoxy) is 5. The Morgan fingerprint density at radius 2 is 1.48 bits per heavy atom. The molecule has 3 aromatic rings. The maximum Gasteiger partial charge on any atom is 0.412 e. The van der Waals surface area contributed by atoms with Gasteiger partial charge in [-0.05, 0) is 85.3 Å². The number of nitrogens with zero attached hydrogens (tertiary/aromatic N) is 2. The number of amides is 2. The monoisotopic (exact) mass is 1010 g/mol. The molecule has 0 radical (unpaired) electrons. The number of benzene rings is 3. The number of hydrogen-bond donors (Lipinski definition) is 3. The predicted octanol–water partition coefficient (Wildman–Crippen LogP) is 12.6. The first-order chi connectivity index (χ1) is 35.9. The van der Waals surface area contributed by atoms with Gasteiger partial charge in [-0.1, -0.05) is 162 Å². The van der Waals surface area contributed by atoms with Crippen LogP contribution in [-0.4, -0.2) is 91.0 Å². The highest BCUT2D eigenvalue weighted by Crippen LogP contribution is 2.62. The maximum atomic E-state index is 14.7. The van der Waals surface area contributed by atoms with E-state index in [0.717, 1.165) is 67.2 Å². The van der Waals surface area contributed by atoms with E-state index in [2.05, 4.69) is 24.9 Å². The van der Waals surface area contributed by atoms with Crippen molar-refractivity contribution in [2.75, 3.05) is 46.1 Å². The Morgan fingerprint density at radius 3 is 2.15 bits per heavy atom. The van der Waals surface area contributed by atoms with Crippen molar-refractivity contribution in [3.63, 3.8) is 0 Å². The van der Waals surface area contributed by atoms with Crippen molar-refractivity contribution < 1.29 is 48.3 Å². The number of unbranched alkanes of at least 4 members (excludes halogenated alkanes) is 11. The highest BCUT2D eigenvalue weighted by atomic mass is 16.7. The first kappa shape index (κ1) is 57.1. The van der Waals surface area contributed by atoms with Crippen LogP contribution in [-0.2, 0) is 32.3 Å². The lowest BCUT2D eigenvalue weighted by molar-refractivity contribution is -0.255. The number of carbonyl (C=O) groups is 2. The minimum absolute atomic E-state index is 0.00709. The number of carbonyl (C=O) groups excluding carboxylic acids is 2. The fourth-order valence-corrected chi connectivity index (χ4v) is 11.1. The Bertz CT molecular complexity index is 2150. The van der Waals surface area contributed by atoms with E-state index in [0.29, 0.717) is 56.2 Å². The Balaban J connectivity index is 1.35. The standard InChI is InChI=1S/C60H85N3O10/c1-4-7-8-9-10-11-12-13-14-23-34-61-58(66)72-49-32-33-54-52(42-49)56-50(31-22-25-37-65)48(30-21-24-36-64)41-51-53(62-71-45-47-28-19-16-20-29-47)43-55(60(73-54,57(51)56)70-38-6-3)63(35-5-2)59(67)69-40-39-68-44-46-26-17-15-18-27-46/h6,15-20,26-29,32-33,41-42,48,50,55-57,64-65H,3-5,7-14,21-25,30-31,34-40,43-45H2,1-2H3,(H,61,66)/t48-,50+,55-,56+,57+,60+/m0/s1. The van der Waals surface area contributed by atoms with Crippen molar-refractivity contribution in [1.82, 2.24) is 10.2 Å². The van der Waals surface area contributed by atoms with Crippen LogP contribution in [0.3, 0.4) is 0 Å². The molecule has 73 heavy (non-hydrogen) atoms. The molecule has 0 bridgehead atoms. The summed E-state index contributed by atoms with van der Waals surface area (Å²) in [6, 6.07) is 24.6. The average molecular weight is 1010 g/mol. The van der Waals surface area contributed by atoms with Crippen LogP contribution >= 0.6 is 0 Å². The molecule has 3 N–H and O–H groups in total. The third-order valence-electron chi connectivity index (χ3n) is 14.5. The van der Waals surface area contributed by atoms with Crippen molar-refractivity contribution in [3.8, 4) is 11.5 Å². The summed E-state index contributed by atoms with van der Waals surface area (Å²) in [4.78, 5) is 36.1. The highest BCUT2D eigenvalue weighted by Gasteiger charge is 2.65. The summed E-state index contributed by atoms with van der Waals surface area (Å²) in [6.07, 6.45) is 20.3. The molecule has 3 aliphatic rings. The summed E-state index contributed by atoms with van der Waals surface area (Å²) in [5.41, 5.74) is 4.44. The molecule has 0 spiro atoms. The number of aliphatic hydroxyl groups is 2. The van der Waals surface area contributed by atoms with E-state index in [1.165, 1.54) is 44.9 Å². The third-order valence-corrected chi connectivity index (χ3v) is 14.5. The number of allylic oxidation sites excluding steroid dienone is 1. The molecule has 400 valence electrons. The molecule has 13 nitrogen and oxygen atoms in total. The maximum absolute atomic E-state index is 14.7. The molecule has 2 amide bonds. The van der Waals surface area contributed by atoms with Gasteiger partial charge in [0, 0.05) is 44.2 Å². The average Bonchev–Trinajstić information content (AvgIpc) is 3.40. The molecular formula is C60H85N3O10. The first-order valence-corrected chi connectivity index (χ1v) is 27.6. The molecule has 13 heteroatoms. The zero-order valence-corrected chi connectivity index (χ0v) is 43.9. The molecule has 6 atom stereocenters.